The van der Waals surface area contributed by atoms with Crippen LogP contribution in [0.1, 0.15) is 12.0 Å². The van der Waals surface area contributed by atoms with Gasteiger partial charge in [0.25, 0.3) is 0 Å². The highest BCUT2D eigenvalue weighted by molar-refractivity contribution is 5.76. The summed E-state index contributed by atoms with van der Waals surface area (Å²) in [6.07, 6.45) is 0.212. The molecule has 2 rings (SSSR count). The third-order valence-electron chi connectivity index (χ3n) is 2.88. The molecule has 4 nitrogen and oxygen atoms in total. The number of rotatable bonds is 6. The number of para-hydroxylation sites is 2. The highest BCUT2D eigenvalue weighted by Crippen LogP contribution is 2.19. The molecule has 0 aliphatic carbocycles. The topological polar surface area (TPSA) is 64.3 Å². The van der Waals surface area contributed by atoms with Crippen molar-refractivity contribution >= 4 is 11.6 Å². The molecule has 0 aromatic heterocycles. The van der Waals surface area contributed by atoms with Gasteiger partial charge in [-0.15, -0.1) is 0 Å². The largest absolute Gasteiger partial charge is 0.491 e. The van der Waals surface area contributed by atoms with E-state index in [1.54, 1.807) is 24.3 Å². The van der Waals surface area contributed by atoms with E-state index in [1.165, 1.54) is 12.1 Å². The predicted molar refractivity (Wildman–Crippen MR) is 79.2 cm³/mol. The number of benzene rings is 2. The maximum absolute atomic E-state index is 13.0. The summed E-state index contributed by atoms with van der Waals surface area (Å²) in [5.74, 6) is 0.0915. The SMILES string of the molecule is Nc1ccccc1OCCC(=O)NCc1cccc(F)c1. The molecule has 0 radical (unpaired) electrons. The van der Waals surface area contributed by atoms with Gasteiger partial charge in [-0.2, -0.15) is 0 Å². The van der Waals surface area contributed by atoms with Gasteiger partial charge in [0.15, 0.2) is 0 Å². The van der Waals surface area contributed by atoms with Gasteiger partial charge >= 0.3 is 0 Å². The Hall–Kier alpha value is -2.56. The first-order valence-corrected chi connectivity index (χ1v) is 6.63. The molecule has 0 atom stereocenters. The predicted octanol–water partition coefficient (Wildman–Crippen LogP) is 2.49. The fraction of sp³-hybridized carbons (Fsp3) is 0.188. The van der Waals surface area contributed by atoms with E-state index in [0.717, 1.165) is 5.56 Å². The number of carbonyl (C=O) groups excluding carboxylic acids is 1. The highest BCUT2D eigenvalue weighted by Gasteiger charge is 2.04. The van der Waals surface area contributed by atoms with Crippen molar-refractivity contribution in [3.63, 3.8) is 0 Å². The number of ether oxygens (including phenoxy) is 1. The van der Waals surface area contributed by atoms with Gasteiger partial charge in [-0.3, -0.25) is 4.79 Å². The lowest BCUT2D eigenvalue weighted by atomic mass is 10.2. The smallest absolute Gasteiger partial charge is 0.223 e. The first-order chi connectivity index (χ1) is 10.1. The van der Waals surface area contributed by atoms with Gasteiger partial charge in [-0.05, 0) is 29.8 Å². The van der Waals surface area contributed by atoms with Gasteiger partial charge in [-0.1, -0.05) is 24.3 Å². The first kappa shape index (κ1) is 14.8. The summed E-state index contributed by atoms with van der Waals surface area (Å²) >= 11 is 0. The average Bonchev–Trinajstić information content (AvgIpc) is 2.47. The summed E-state index contributed by atoms with van der Waals surface area (Å²) in [7, 11) is 0. The number of nitrogens with one attached hydrogen (secondary N) is 1. The minimum absolute atomic E-state index is 0.159. The second kappa shape index (κ2) is 7.28. The molecular weight excluding hydrogens is 271 g/mol. The Balaban J connectivity index is 1.72. The Bertz CT molecular complexity index is 617. The monoisotopic (exact) mass is 288 g/mol. The fourth-order valence-electron chi connectivity index (χ4n) is 1.80. The van der Waals surface area contributed by atoms with E-state index in [4.69, 9.17) is 10.5 Å². The van der Waals surface area contributed by atoms with E-state index in [1.807, 2.05) is 12.1 Å². The number of nitrogen functional groups attached to an aromatic ring is 1. The first-order valence-electron chi connectivity index (χ1n) is 6.63. The minimum atomic E-state index is -0.315. The van der Waals surface area contributed by atoms with Gasteiger partial charge < -0.3 is 15.8 Å². The Morgan fingerprint density at radius 1 is 1.19 bits per heavy atom. The van der Waals surface area contributed by atoms with Crippen molar-refractivity contribution in [3.8, 4) is 5.75 Å². The number of hydrogen-bond acceptors (Lipinski definition) is 3. The van der Waals surface area contributed by atoms with Crippen molar-refractivity contribution < 1.29 is 13.9 Å². The number of halogens is 1. The maximum Gasteiger partial charge on any atom is 0.223 e. The molecule has 0 unspecified atom stereocenters. The van der Waals surface area contributed by atoms with Crippen LogP contribution in [-0.2, 0) is 11.3 Å². The molecule has 1 amide bonds. The van der Waals surface area contributed by atoms with Crippen molar-refractivity contribution in [2.75, 3.05) is 12.3 Å². The molecule has 0 saturated heterocycles. The molecule has 0 fully saturated rings. The van der Waals surface area contributed by atoms with Crippen LogP contribution < -0.4 is 15.8 Å². The van der Waals surface area contributed by atoms with Crippen LogP contribution in [0, 0.1) is 5.82 Å². The van der Waals surface area contributed by atoms with Crippen molar-refractivity contribution in [2.24, 2.45) is 0 Å². The molecule has 0 aliphatic heterocycles. The summed E-state index contributed by atoms with van der Waals surface area (Å²) in [5.41, 5.74) is 6.98. The van der Waals surface area contributed by atoms with Crippen LogP contribution in [0.4, 0.5) is 10.1 Å². The molecule has 0 heterocycles. The molecule has 0 bridgehead atoms. The third kappa shape index (κ3) is 4.80. The normalized spacial score (nSPS) is 10.1. The standard InChI is InChI=1S/C16H17FN2O2/c17-13-5-3-4-12(10-13)11-19-16(20)8-9-21-15-7-2-1-6-14(15)18/h1-7,10H,8-9,11,18H2,(H,19,20). The zero-order valence-corrected chi connectivity index (χ0v) is 11.5. The van der Waals surface area contributed by atoms with Crippen molar-refractivity contribution in [1.29, 1.82) is 0 Å². The molecule has 0 saturated carbocycles. The van der Waals surface area contributed by atoms with Crippen molar-refractivity contribution in [1.82, 2.24) is 5.32 Å². The third-order valence-corrected chi connectivity index (χ3v) is 2.88. The summed E-state index contributed by atoms with van der Waals surface area (Å²) in [4.78, 5) is 11.7. The fourth-order valence-corrected chi connectivity index (χ4v) is 1.80. The second-order valence-electron chi connectivity index (χ2n) is 4.54. The zero-order chi connectivity index (χ0) is 15.1. The van der Waals surface area contributed by atoms with Crippen LogP contribution in [0.15, 0.2) is 48.5 Å². The summed E-state index contributed by atoms with van der Waals surface area (Å²) in [5, 5.41) is 2.71. The Labute approximate surface area is 122 Å². The summed E-state index contributed by atoms with van der Waals surface area (Å²) in [6.45, 7) is 0.535. The molecule has 3 N–H and O–H groups in total. The Morgan fingerprint density at radius 3 is 2.76 bits per heavy atom. The van der Waals surface area contributed by atoms with Crippen molar-refractivity contribution in [2.45, 2.75) is 13.0 Å². The Morgan fingerprint density at radius 2 is 2.00 bits per heavy atom. The van der Waals surface area contributed by atoms with Gasteiger partial charge in [0.05, 0.1) is 18.7 Å². The zero-order valence-electron chi connectivity index (χ0n) is 11.5. The van der Waals surface area contributed by atoms with Crippen LogP contribution in [0.25, 0.3) is 0 Å². The lowest BCUT2D eigenvalue weighted by Gasteiger charge is -2.09. The lowest BCUT2D eigenvalue weighted by molar-refractivity contribution is -0.121. The molecule has 110 valence electrons. The van der Waals surface area contributed by atoms with Crippen LogP contribution in [0.5, 0.6) is 5.75 Å². The molecule has 21 heavy (non-hydrogen) atoms. The van der Waals surface area contributed by atoms with E-state index in [2.05, 4.69) is 5.32 Å². The number of carbonyl (C=O) groups is 1. The summed E-state index contributed by atoms with van der Waals surface area (Å²) in [6, 6.07) is 13.2. The number of amides is 1. The van der Waals surface area contributed by atoms with Crippen molar-refractivity contribution in [3.05, 3.63) is 59.9 Å². The second-order valence-corrected chi connectivity index (χ2v) is 4.54. The van der Waals surface area contributed by atoms with Crippen LogP contribution in [0.3, 0.4) is 0 Å². The number of nitrogens with two attached hydrogens (primary N) is 1. The molecule has 2 aromatic rings. The van der Waals surface area contributed by atoms with Gasteiger partial charge in [0.1, 0.15) is 11.6 Å². The number of anilines is 1. The van der Waals surface area contributed by atoms with Crippen LogP contribution >= 0.6 is 0 Å². The molecule has 2 aromatic carbocycles. The Kier molecular flexibility index (Phi) is 5.15. The van der Waals surface area contributed by atoms with Gasteiger partial charge in [0.2, 0.25) is 5.91 Å². The maximum atomic E-state index is 13.0. The average molecular weight is 288 g/mol. The van der Waals surface area contributed by atoms with Crippen LogP contribution in [0.2, 0.25) is 0 Å². The van der Waals surface area contributed by atoms with E-state index in [-0.39, 0.29) is 24.8 Å². The van der Waals surface area contributed by atoms with Crippen LogP contribution in [-0.4, -0.2) is 12.5 Å². The van der Waals surface area contributed by atoms with E-state index >= 15 is 0 Å². The number of hydrogen-bond donors (Lipinski definition) is 2. The van der Waals surface area contributed by atoms with E-state index < -0.39 is 0 Å². The molecule has 0 aliphatic rings. The van der Waals surface area contributed by atoms with Gasteiger partial charge in [-0.25, -0.2) is 4.39 Å². The van der Waals surface area contributed by atoms with E-state index in [9.17, 15) is 9.18 Å². The van der Waals surface area contributed by atoms with Gasteiger partial charge in [0, 0.05) is 6.54 Å². The van der Waals surface area contributed by atoms with E-state index in [0.29, 0.717) is 18.0 Å². The molecule has 0 spiro atoms. The highest BCUT2D eigenvalue weighted by atomic mass is 19.1. The molecular formula is C16H17FN2O2. The molecule has 5 heteroatoms. The quantitative estimate of drug-likeness (QED) is 0.803. The summed E-state index contributed by atoms with van der Waals surface area (Å²) < 4.78 is 18.4. The lowest BCUT2D eigenvalue weighted by Crippen LogP contribution is -2.24. The minimum Gasteiger partial charge on any atom is -0.491 e.